The molecule has 0 bridgehead atoms. The number of benzene rings is 3. The molecule has 162 valence electrons. The Morgan fingerprint density at radius 2 is 1.94 bits per heavy atom. The zero-order chi connectivity index (χ0) is 22.2. The number of carbonyl (C=O) groups is 1. The summed E-state index contributed by atoms with van der Waals surface area (Å²) in [5.74, 6) is 0.976. The summed E-state index contributed by atoms with van der Waals surface area (Å²) in [5, 5.41) is 0.370. The summed E-state index contributed by atoms with van der Waals surface area (Å²) in [7, 11) is 1.60. The highest BCUT2D eigenvalue weighted by molar-refractivity contribution is 6.31. The highest BCUT2D eigenvalue weighted by Gasteiger charge is 2.35. The van der Waals surface area contributed by atoms with Crippen molar-refractivity contribution in [3.63, 3.8) is 0 Å². The molecule has 1 saturated heterocycles. The molecule has 32 heavy (non-hydrogen) atoms. The van der Waals surface area contributed by atoms with Crippen LogP contribution >= 0.6 is 11.6 Å². The summed E-state index contributed by atoms with van der Waals surface area (Å²) in [6, 6.07) is 19.9. The van der Waals surface area contributed by atoms with Gasteiger partial charge < -0.3 is 14.2 Å². The van der Waals surface area contributed by atoms with Gasteiger partial charge >= 0.3 is 0 Å². The van der Waals surface area contributed by atoms with Gasteiger partial charge in [-0.05, 0) is 36.4 Å². The van der Waals surface area contributed by atoms with Gasteiger partial charge in [-0.25, -0.2) is 9.37 Å². The number of anilines is 1. The molecule has 7 heteroatoms. The fourth-order valence-corrected chi connectivity index (χ4v) is 4.54. The summed E-state index contributed by atoms with van der Waals surface area (Å²) in [5.41, 5.74) is 2.89. The first-order valence-corrected chi connectivity index (χ1v) is 10.8. The van der Waals surface area contributed by atoms with Crippen molar-refractivity contribution in [2.45, 2.75) is 18.9 Å². The number of aromatic nitrogens is 2. The molecule has 1 aliphatic heterocycles. The molecule has 5 rings (SSSR count). The highest BCUT2D eigenvalue weighted by Crippen LogP contribution is 2.35. The Labute approximate surface area is 190 Å². The molecule has 0 radical (unpaired) electrons. The lowest BCUT2D eigenvalue weighted by Crippen LogP contribution is -2.24. The van der Waals surface area contributed by atoms with Crippen LogP contribution in [0.5, 0.6) is 5.75 Å². The summed E-state index contributed by atoms with van der Waals surface area (Å²) >= 11 is 6.32. The number of ether oxygens (including phenoxy) is 1. The fraction of sp³-hybridized carbons (Fsp3) is 0.200. The van der Waals surface area contributed by atoms with Gasteiger partial charge in [0.25, 0.3) is 0 Å². The van der Waals surface area contributed by atoms with Crippen LogP contribution < -0.4 is 9.64 Å². The lowest BCUT2D eigenvalue weighted by atomic mass is 10.1. The van der Waals surface area contributed by atoms with Gasteiger partial charge in [-0.15, -0.1) is 0 Å². The minimum absolute atomic E-state index is 0.0192. The largest absolute Gasteiger partial charge is 0.497 e. The van der Waals surface area contributed by atoms with Crippen molar-refractivity contribution < 1.29 is 13.9 Å². The minimum Gasteiger partial charge on any atom is -0.497 e. The monoisotopic (exact) mass is 449 g/mol. The standard InChI is InChI=1S/C25H21ClFN3O2/c1-32-18-7-4-6-17(13-18)29-14-16(12-24(29)31)25-28-22-10-2-3-11-23(22)30(25)15-19-20(26)8-5-9-21(19)27/h2-11,13,16H,12,14-15H2,1H3. The van der Waals surface area contributed by atoms with Gasteiger partial charge in [0.2, 0.25) is 5.91 Å². The molecule has 1 amide bonds. The number of rotatable bonds is 5. The first-order valence-electron chi connectivity index (χ1n) is 10.4. The van der Waals surface area contributed by atoms with Crippen molar-refractivity contribution in [3.8, 4) is 5.75 Å². The van der Waals surface area contributed by atoms with E-state index in [9.17, 15) is 9.18 Å². The maximum absolute atomic E-state index is 14.6. The molecular formula is C25H21ClFN3O2. The molecule has 1 aromatic heterocycles. The molecule has 5 nitrogen and oxygen atoms in total. The van der Waals surface area contributed by atoms with Crippen molar-refractivity contribution in [2.24, 2.45) is 0 Å². The van der Waals surface area contributed by atoms with Crippen LogP contribution in [-0.2, 0) is 11.3 Å². The van der Waals surface area contributed by atoms with E-state index in [1.807, 2.05) is 53.1 Å². The number of nitrogens with zero attached hydrogens (tertiary/aromatic N) is 3. The molecule has 1 atom stereocenters. The topological polar surface area (TPSA) is 47.4 Å². The van der Waals surface area contributed by atoms with E-state index in [2.05, 4.69) is 0 Å². The number of methoxy groups -OCH3 is 1. The Hall–Kier alpha value is -3.38. The smallest absolute Gasteiger partial charge is 0.227 e. The van der Waals surface area contributed by atoms with E-state index < -0.39 is 0 Å². The predicted molar refractivity (Wildman–Crippen MR) is 123 cm³/mol. The zero-order valence-electron chi connectivity index (χ0n) is 17.5. The van der Waals surface area contributed by atoms with Gasteiger partial charge in [-0.2, -0.15) is 0 Å². The molecule has 0 N–H and O–H groups in total. The third-order valence-corrected chi connectivity index (χ3v) is 6.27. The molecule has 2 heterocycles. The average Bonchev–Trinajstić information content (AvgIpc) is 3.37. The third kappa shape index (κ3) is 3.60. The summed E-state index contributed by atoms with van der Waals surface area (Å²) in [4.78, 5) is 19.5. The van der Waals surface area contributed by atoms with E-state index in [0.29, 0.717) is 29.3 Å². The Morgan fingerprint density at radius 3 is 2.75 bits per heavy atom. The average molecular weight is 450 g/mol. The van der Waals surface area contributed by atoms with E-state index in [1.165, 1.54) is 6.07 Å². The van der Waals surface area contributed by atoms with Crippen molar-refractivity contribution in [2.75, 3.05) is 18.6 Å². The van der Waals surface area contributed by atoms with E-state index in [0.717, 1.165) is 22.5 Å². The molecule has 3 aromatic carbocycles. The van der Waals surface area contributed by atoms with Crippen molar-refractivity contribution >= 4 is 34.2 Å². The van der Waals surface area contributed by atoms with Crippen LogP contribution in [0.2, 0.25) is 5.02 Å². The highest BCUT2D eigenvalue weighted by atomic mass is 35.5. The van der Waals surface area contributed by atoms with Gasteiger partial charge in [0.15, 0.2) is 0 Å². The van der Waals surface area contributed by atoms with Gasteiger partial charge in [-0.1, -0.05) is 35.9 Å². The number of halogens is 2. The minimum atomic E-state index is -0.360. The fourth-order valence-electron chi connectivity index (χ4n) is 4.32. The second-order valence-corrected chi connectivity index (χ2v) is 8.26. The number of fused-ring (bicyclic) bond motifs is 1. The number of hydrogen-bond donors (Lipinski definition) is 0. The zero-order valence-corrected chi connectivity index (χ0v) is 18.2. The van der Waals surface area contributed by atoms with Crippen molar-refractivity contribution in [1.29, 1.82) is 0 Å². The summed E-state index contributed by atoms with van der Waals surface area (Å²) in [6.45, 7) is 0.728. The quantitative estimate of drug-likeness (QED) is 0.409. The van der Waals surface area contributed by atoms with Crippen molar-refractivity contribution in [3.05, 3.63) is 89.0 Å². The number of hydrogen-bond acceptors (Lipinski definition) is 3. The number of carbonyl (C=O) groups excluding carboxylic acids is 1. The molecule has 4 aromatic rings. The number of amides is 1. The Morgan fingerprint density at radius 1 is 1.12 bits per heavy atom. The predicted octanol–water partition coefficient (Wildman–Crippen LogP) is 5.41. The van der Waals surface area contributed by atoms with Gasteiger partial charge in [-0.3, -0.25) is 4.79 Å². The molecule has 0 saturated carbocycles. The molecular weight excluding hydrogens is 429 g/mol. The second kappa shape index (κ2) is 8.28. The summed E-state index contributed by atoms with van der Waals surface area (Å²) < 4.78 is 21.9. The Bertz CT molecular complexity index is 1300. The lowest BCUT2D eigenvalue weighted by molar-refractivity contribution is -0.117. The molecule has 1 aliphatic rings. The van der Waals surface area contributed by atoms with E-state index in [-0.39, 0.29) is 24.2 Å². The van der Waals surface area contributed by atoms with Gasteiger partial charge in [0.1, 0.15) is 17.4 Å². The second-order valence-electron chi connectivity index (χ2n) is 7.85. The molecule has 1 unspecified atom stereocenters. The lowest BCUT2D eigenvalue weighted by Gasteiger charge is -2.18. The first kappa shape index (κ1) is 20.5. The van der Waals surface area contributed by atoms with E-state index >= 15 is 0 Å². The van der Waals surface area contributed by atoms with Crippen LogP contribution in [-0.4, -0.2) is 29.1 Å². The van der Waals surface area contributed by atoms with Crippen LogP contribution in [0.25, 0.3) is 11.0 Å². The van der Waals surface area contributed by atoms with Crippen LogP contribution in [0.1, 0.15) is 23.7 Å². The maximum atomic E-state index is 14.6. The SMILES string of the molecule is COc1cccc(N2CC(c3nc4ccccc4n3Cc3c(F)cccc3Cl)CC2=O)c1. The van der Waals surface area contributed by atoms with E-state index in [1.54, 1.807) is 24.1 Å². The van der Waals surface area contributed by atoms with Crippen LogP contribution in [0.15, 0.2) is 66.7 Å². The van der Waals surface area contributed by atoms with Crippen LogP contribution in [0, 0.1) is 5.82 Å². The van der Waals surface area contributed by atoms with Gasteiger partial charge in [0.05, 0.1) is 24.7 Å². The third-order valence-electron chi connectivity index (χ3n) is 5.92. The van der Waals surface area contributed by atoms with Crippen LogP contribution in [0.3, 0.4) is 0 Å². The Balaban J connectivity index is 1.54. The maximum Gasteiger partial charge on any atom is 0.227 e. The normalized spacial score (nSPS) is 16.2. The van der Waals surface area contributed by atoms with Crippen LogP contribution in [0.4, 0.5) is 10.1 Å². The Kier molecular flexibility index (Phi) is 5.31. The van der Waals surface area contributed by atoms with Crippen molar-refractivity contribution in [1.82, 2.24) is 9.55 Å². The number of para-hydroxylation sites is 2. The molecule has 1 fully saturated rings. The summed E-state index contributed by atoms with van der Waals surface area (Å²) in [6.07, 6.45) is 0.325. The van der Waals surface area contributed by atoms with E-state index in [4.69, 9.17) is 21.3 Å². The molecule has 0 aliphatic carbocycles. The first-order chi connectivity index (χ1) is 15.5. The molecule has 0 spiro atoms. The number of imidazole rings is 1. The van der Waals surface area contributed by atoms with Gasteiger partial charge in [0, 0.05) is 41.2 Å².